The molecule has 1 atom stereocenters. The van der Waals surface area contributed by atoms with Crippen molar-refractivity contribution in [3.63, 3.8) is 0 Å². The Hall–Kier alpha value is -2.20. The summed E-state index contributed by atoms with van der Waals surface area (Å²) in [4.78, 5) is 9.14. The second kappa shape index (κ2) is 10.0. The van der Waals surface area contributed by atoms with Crippen molar-refractivity contribution in [2.45, 2.75) is 46.2 Å². The molecule has 1 saturated heterocycles. The third-order valence-corrected chi connectivity index (χ3v) is 6.11. The van der Waals surface area contributed by atoms with Crippen molar-refractivity contribution in [1.82, 2.24) is 9.80 Å². The lowest BCUT2D eigenvalue weighted by molar-refractivity contribution is 0.0711. The highest BCUT2D eigenvalue weighted by molar-refractivity contribution is 6.03. The lowest BCUT2D eigenvalue weighted by Gasteiger charge is -2.42. The van der Waals surface area contributed by atoms with Gasteiger partial charge >= 0.3 is 0 Å². The summed E-state index contributed by atoms with van der Waals surface area (Å²) in [5.41, 5.74) is 6.07. The first-order chi connectivity index (χ1) is 14.1. The summed E-state index contributed by atoms with van der Waals surface area (Å²) < 4.78 is 14.0. The van der Waals surface area contributed by atoms with Crippen LogP contribution in [0.25, 0.3) is 0 Å². The van der Waals surface area contributed by atoms with E-state index in [0.717, 1.165) is 25.3 Å². The molecular formula is C25H34FN3. The normalized spacial score (nSPS) is 22.5. The van der Waals surface area contributed by atoms with Crippen molar-refractivity contribution < 1.29 is 4.39 Å². The molecule has 156 valence electrons. The van der Waals surface area contributed by atoms with Gasteiger partial charge in [-0.15, -0.1) is 0 Å². The number of hydrogen-bond acceptors (Lipinski definition) is 3. The number of aliphatic imine (C=N–C) groups is 1. The van der Waals surface area contributed by atoms with Gasteiger partial charge in [0.05, 0.1) is 6.04 Å². The maximum Gasteiger partial charge on any atom is 0.107 e. The van der Waals surface area contributed by atoms with Gasteiger partial charge in [-0.3, -0.25) is 9.89 Å². The summed E-state index contributed by atoms with van der Waals surface area (Å²) in [6.07, 6.45) is 6.34. The average Bonchev–Trinajstić information content (AvgIpc) is 3.57. The molecule has 0 spiro atoms. The molecule has 3 rings (SSSR count). The highest BCUT2D eigenvalue weighted by Crippen LogP contribution is 2.41. The van der Waals surface area contributed by atoms with E-state index in [1.807, 2.05) is 18.2 Å². The number of hydrogen-bond donors (Lipinski definition) is 0. The molecular weight excluding hydrogens is 361 g/mol. The van der Waals surface area contributed by atoms with Crippen LogP contribution in [-0.4, -0.2) is 47.9 Å². The van der Waals surface area contributed by atoms with Crippen LogP contribution in [0.15, 0.2) is 71.0 Å². The van der Waals surface area contributed by atoms with Crippen LogP contribution in [0.2, 0.25) is 0 Å². The largest absolute Gasteiger partial charge is 0.372 e. The molecule has 1 heterocycles. The van der Waals surface area contributed by atoms with Crippen LogP contribution in [0.1, 0.15) is 39.2 Å². The molecule has 3 nitrogen and oxygen atoms in total. The molecule has 1 aromatic carbocycles. The number of rotatable bonds is 8. The fourth-order valence-corrected chi connectivity index (χ4v) is 4.39. The van der Waals surface area contributed by atoms with Gasteiger partial charge in [0.15, 0.2) is 0 Å². The number of benzene rings is 1. The Morgan fingerprint density at radius 1 is 1.21 bits per heavy atom. The van der Waals surface area contributed by atoms with Gasteiger partial charge in [-0.05, 0) is 50.7 Å². The highest BCUT2D eigenvalue weighted by atomic mass is 19.1. The number of nitrogens with zero attached hydrogens (tertiary/aromatic N) is 3. The second-order valence-electron chi connectivity index (χ2n) is 8.09. The van der Waals surface area contributed by atoms with Crippen molar-refractivity contribution >= 4 is 5.71 Å². The summed E-state index contributed by atoms with van der Waals surface area (Å²) in [5, 5.41) is 0. The van der Waals surface area contributed by atoms with Gasteiger partial charge in [0, 0.05) is 49.4 Å². The van der Waals surface area contributed by atoms with Crippen LogP contribution in [-0.2, 0) is 6.54 Å². The SMILES string of the molecule is C=CN=C(C)C(/C(=C\C)C1CC1)=C(\C)N1CCN(Cc2ccccc2)C(CF)C1. The molecule has 0 radical (unpaired) electrons. The fourth-order valence-electron chi connectivity index (χ4n) is 4.39. The van der Waals surface area contributed by atoms with E-state index in [2.05, 4.69) is 60.4 Å². The van der Waals surface area contributed by atoms with Gasteiger partial charge in [0.1, 0.15) is 6.67 Å². The Balaban J connectivity index is 1.82. The van der Waals surface area contributed by atoms with Crippen molar-refractivity contribution in [3.8, 4) is 0 Å². The van der Waals surface area contributed by atoms with Gasteiger partial charge in [0.2, 0.25) is 0 Å². The van der Waals surface area contributed by atoms with E-state index in [9.17, 15) is 4.39 Å². The van der Waals surface area contributed by atoms with Crippen LogP contribution in [0.5, 0.6) is 0 Å². The molecule has 0 N–H and O–H groups in total. The summed E-state index contributed by atoms with van der Waals surface area (Å²) in [5.74, 6) is 0.635. The van der Waals surface area contributed by atoms with Crippen molar-refractivity contribution in [3.05, 3.63) is 71.6 Å². The summed E-state index contributed by atoms with van der Waals surface area (Å²) in [6.45, 7) is 13.1. The van der Waals surface area contributed by atoms with Crippen LogP contribution >= 0.6 is 0 Å². The minimum absolute atomic E-state index is 0.0909. The van der Waals surface area contributed by atoms with E-state index < -0.39 is 0 Å². The molecule has 1 aliphatic heterocycles. The molecule has 1 unspecified atom stereocenters. The lowest BCUT2D eigenvalue weighted by atomic mass is 9.94. The first kappa shape index (κ1) is 21.5. The Labute approximate surface area is 175 Å². The highest BCUT2D eigenvalue weighted by Gasteiger charge is 2.32. The topological polar surface area (TPSA) is 18.8 Å². The Kier molecular flexibility index (Phi) is 7.43. The molecule has 0 amide bonds. The Morgan fingerprint density at radius 3 is 2.52 bits per heavy atom. The van der Waals surface area contributed by atoms with E-state index in [1.54, 1.807) is 6.20 Å². The zero-order chi connectivity index (χ0) is 20.8. The second-order valence-corrected chi connectivity index (χ2v) is 8.09. The average molecular weight is 396 g/mol. The van der Waals surface area contributed by atoms with Crippen LogP contribution in [0.3, 0.4) is 0 Å². The molecule has 29 heavy (non-hydrogen) atoms. The van der Waals surface area contributed by atoms with E-state index in [1.165, 1.54) is 35.2 Å². The maximum absolute atomic E-state index is 14.0. The van der Waals surface area contributed by atoms with Crippen LogP contribution < -0.4 is 0 Å². The lowest BCUT2D eigenvalue weighted by Crippen LogP contribution is -2.53. The van der Waals surface area contributed by atoms with Gasteiger partial charge in [-0.2, -0.15) is 0 Å². The molecule has 1 saturated carbocycles. The predicted molar refractivity (Wildman–Crippen MR) is 121 cm³/mol. The Morgan fingerprint density at radius 2 is 1.93 bits per heavy atom. The van der Waals surface area contributed by atoms with E-state index >= 15 is 0 Å². The van der Waals surface area contributed by atoms with E-state index in [0.29, 0.717) is 12.5 Å². The van der Waals surface area contributed by atoms with Crippen molar-refractivity contribution in [2.24, 2.45) is 10.9 Å². The zero-order valence-electron chi connectivity index (χ0n) is 18.1. The van der Waals surface area contributed by atoms with Gasteiger partial charge < -0.3 is 4.90 Å². The van der Waals surface area contributed by atoms with Crippen molar-refractivity contribution in [2.75, 3.05) is 26.3 Å². The Bertz CT molecular complexity index is 790. The summed E-state index contributed by atoms with van der Waals surface area (Å²) >= 11 is 0. The number of halogens is 1. The minimum Gasteiger partial charge on any atom is -0.372 e. The fraction of sp³-hybridized carbons (Fsp3) is 0.480. The summed E-state index contributed by atoms with van der Waals surface area (Å²) in [6, 6.07) is 10.3. The molecule has 1 aromatic rings. The summed E-state index contributed by atoms with van der Waals surface area (Å²) in [7, 11) is 0. The van der Waals surface area contributed by atoms with Crippen molar-refractivity contribution in [1.29, 1.82) is 0 Å². The first-order valence-corrected chi connectivity index (χ1v) is 10.7. The molecule has 0 aromatic heterocycles. The minimum atomic E-state index is -0.329. The predicted octanol–water partition coefficient (Wildman–Crippen LogP) is 5.38. The first-order valence-electron chi connectivity index (χ1n) is 10.7. The van der Waals surface area contributed by atoms with Gasteiger partial charge in [-0.1, -0.05) is 43.0 Å². The maximum atomic E-state index is 14.0. The molecule has 2 aliphatic rings. The van der Waals surface area contributed by atoms with Crippen LogP contribution in [0, 0.1) is 5.92 Å². The number of alkyl halides is 1. The third-order valence-electron chi connectivity index (χ3n) is 6.11. The van der Waals surface area contributed by atoms with E-state index in [4.69, 9.17) is 0 Å². The number of allylic oxidation sites excluding steroid dienone is 4. The van der Waals surface area contributed by atoms with Crippen LogP contribution in [0.4, 0.5) is 4.39 Å². The monoisotopic (exact) mass is 395 g/mol. The zero-order valence-corrected chi connectivity index (χ0v) is 18.1. The molecule has 1 aliphatic carbocycles. The van der Waals surface area contributed by atoms with Gasteiger partial charge in [0.25, 0.3) is 0 Å². The molecule has 4 heteroatoms. The molecule has 2 fully saturated rings. The quantitative estimate of drug-likeness (QED) is 0.435. The smallest absolute Gasteiger partial charge is 0.107 e. The van der Waals surface area contributed by atoms with E-state index in [-0.39, 0.29) is 12.7 Å². The molecule has 0 bridgehead atoms. The third kappa shape index (κ3) is 5.24. The standard InChI is InChI=1S/C25H34FN3/c1-5-24(22-12-13-22)25(19(3)27-6-2)20(4)28-14-15-29(23(16-26)18-28)17-21-10-8-7-9-11-21/h5-11,22-23H,2,12-18H2,1,3-4H3/b24-5-,25-20-,27-19?. The number of piperazine rings is 1. The van der Waals surface area contributed by atoms with Gasteiger partial charge in [-0.25, -0.2) is 4.39 Å².